The van der Waals surface area contributed by atoms with E-state index in [1.807, 2.05) is 0 Å². The first-order valence-corrected chi connectivity index (χ1v) is 26.8. The first-order chi connectivity index (χ1) is 22.1. The number of anilines is 2. The number of piperidine rings is 2. The fourth-order valence-electron chi connectivity index (χ4n) is 8.26. The van der Waals surface area contributed by atoms with Crippen molar-refractivity contribution in [2.24, 2.45) is 0 Å². The number of hydrogen-bond donors (Lipinski definition) is 0. The fourth-order valence-corrected chi connectivity index (χ4v) is 12.2. The molecular formula is C38H77N7OSi2. The van der Waals surface area contributed by atoms with E-state index in [2.05, 4.69) is 129 Å². The lowest BCUT2D eigenvalue weighted by atomic mass is 9.77. The molecule has 0 atom stereocenters. The molecule has 0 spiro atoms. The van der Waals surface area contributed by atoms with Crippen molar-refractivity contribution in [2.45, 2.75) is 193 Å². The molecule has 48 heavy (non-hydrogen) atoms. The molecule has 0 radical (unpaired) electrons. The van der Waals surface area contributed by atoms with Gasteiger partial charge < -0.3 is 14.5 Å². The number of hydrogen-bond acceptors (Lipinski definition) is 8. The second kappa shape index (κ2) is 16.0. The number of nitrogens with zero attached hydrogens (tertiary/aromatic N) is 7. The lowest BCUT2D eigenvalue weighted by Crippen LogP contribution is -2.63. The Kier molecular flexibility index (Phi) is 13.7. The van der Waals surface area contributed by atoms with Gasteiger partial charge in [0.15, 0.2) is 0 Å². The molecule has 1 aromatic rings. The maximum absolute atomic E-state index is 6.55. The third kappa shape index (κ3) is 9.96. The van der Waals surface area contributed by atoms with Crippen molar-refractivity contribution in [1.29, 1.82) is 0 Å². The van der Waals surface area contributed by atoms with Gasteiger partial charge in [0.1, 0.15) is 0 Å². The third-order valence-electron chi connectivity index (χ3n) is 12.8. The van der Waals surface area contributed by atoms with Crippen LogP contribution in [-0.4, -0.2) is 109 Å². The van der Waals surface area contributed by atoms with E-state index in [0.29, 0.717) is 24.7 Å². The van der Waals surface area contributed by atoms with Crippen molar-refractivity contribution in [3.8, 4) is 6.01 Å². The van der Waals surface area contributed by atoms with E-state index in [4.69, 9.17) is 19.7 Å². The molecule has 278 valence electrons. The van der Waals surface area contributed by atoms with Gasteiger partial charge in [-0.3, -0.25) is 9.80 Å². The Labute approximate surface area is 299 Å². The predicted octanol–water partition coefficient (Wildman–Crippen LogP) is 8.43. The summed E-state index contributed by atoms with van der Waals surface area (Å²) in [5.41, 5.74) is 0.282. The Hall–Kier alpha value is -1.24. The highest BCUT2D eigenvalue weighted by molar-refractivity contribution is 7.31. The van der Waals surface area contributed by atoms with Crippen LogP contribution >= 0.6 is 0 Å². The molecule has 2 fully saturated rings. The second-order valence-electron chi connectivity index (χ2n) is 18.9. The van der Waals surface area contributed by atoms with Gasteiger partial charge in [0.05, 0.1) is 6.61 Å². The molecule has 0 unspecified atom stereocenters. The lowest BCUT2D eigenvalue weighted by molar-refractivity contribution is -0.0130. The van der Waals surface area contributed by atoms with Crippen LogP contribution < -0.4 is 14.5 Å². The van der Waals surface area contributed by atoms with Crippen molar-refractivity contribution >= 4 is 27.8 Å². The van der Waals surface area contributed by atoms with E-state index < -0.39 is 15.9 Å². The van der Waals surface area contributed by atoms with Gasteiger partial charge in [0.2, 0.25) is 11.9 Å². The molecule has 0 bridgehead atoms. The molecule has 2 aliphatic rings. The van der Waals surface area contributed by atoms with E-state index >= 15 is 0 Å². The van der Waals surface area contributed by atoms with Crippen LogP contribution in [0.5, 0.6) is 6.01 Å². The van der Waals surface area contributed by atoms with E-state index in [1.54, 1.807) is 0 Å². The third-order valence-corrected chi connectivity index (χ3v) is 27.8. The summed E-state index contributed by atoms with van der Waals surface area (Å²) in [6.07, 6.45) is 9.87. The summed E-state index contributed by atoms with van der Waals surface area (Å²) in [7, 11) is 2.82. The van der Waals surface area contributed by atoms with Gasteiger partial charge in [-0.25, -0.2) is 0 Å². The summed E-state index contributed by atoms with van der Waals surface area (Å²) in [6.45, 7) is 36.5. The van der Waals surface area contributed by atoms with Gasteiger partial charge in [-0.15, -0.1) is 0 Å². The van der Waals surface area contributed by atoms with E-state index in [0.717, 1.165) is 82.8 Å². The molecule has 3 heterocycles. The van der Waals surface area contributed by atoms with Gasteiger partial charge in [-0.05, 0) is 114 Å². The average molecular weight is 704 g/mol. The number of likely N-dealkylation sites (tertiary alicyclic amines) is 2. The van der Waals surface area contributed by atoms with Crippen LogP contribution in [0.1, 0.15) is 127 Å². The summed E-state index contributed by atoms with van der Waals surface area (Å²) >= 11 is 0. The Morgan fingerprint density at radius 1 is 0.688 bits per heavy atom. The van der Waals surface area contributed by atoms with Crippen LogP contribution in [0, 0.1) is 0 Å². The molecule has 1 aromatic heterocycles. The van der Waals surface area contributed by atoms with Crippen molar-refractivity contribution in [1.82, 2.24) is 24.8 Å². The van der Waals surface area contributed by atoms with Gasteiger partial charge in [-0.2, -0.15) is 15.0 Å². The van der Waals surface area contributed by atoms with Crippen LogP contribution in [0.15, 0.2) is 0 Å². The molecule has 3 rings (SSSR count). The van der Waals surface area contributed by atoms with E-state index in [9.17, 15) is 0 Å². The monoisotopic (exact) mass is 704 g/mol. The Morgan fingerprint density at radius 3 is 1.40 bits per heavy atom. The summed E-state index contributed by atoms with van der Waals surface area (Å²) in [4.78, 5) is 26.0. The van der Waals surface area contributed by atoms with Crippen molar-refractivity contribution in [3.05, 3.63) is 0 Å². The molecule has 0 aromatic carbocycles. The zero-order chi connectivity index (χ0) is 36.3. The first-order valence-electron chi connectivity index (χ1n) is 19.5. The van der Waals surface area contributed by atoms with E-state index in [-0.39, 0.29) is 22.2 Å². The summed E-state index contributed by atoms with van der Waals surface area (Å²) in [5, 5.41) is 0. The van der Waals surface area contributed by atoms with Crippen LogP contribution in [-0.2, 0) is 0 Å². The average Bonchev–Trinajstić information content (AvgIpc) is 2.96. The minimum atomic E-state index is -1.14. The van der Waals surface area contributed by atoms with Gasteiger partial charge in [0, 0.05) is 63.2 Å². The van der Waals surface area contributed by atoms with Crippen LogP contribution in [0.4, 0.5) is 11.9 Å². The molecular weight excluding hydrogens is 627 g/mol. The number of aromatic nitrogens is 3. The maximum atomic E-state index is 6.55. The van der Waals surface area contributed by atoms with Crippen LogP contribution in [0.3, 0.4) is 0 Å². The molecule has 8 nitrogen and oxygen atoms in total. The van der Waals surface area contributed by atoms with Crippen molar-refractivity contribution < 1.29 is 4.74 Å². The lowest BCUT2D eigenvalue weighted by Gasteiger charge is -2.56. The molecule has 2 aliphatic heterocycles. The Morgan fingerprint density at radius 2 is 1.06 bits per heavy atom. The number of ether oxygens (including phenoxy) is 1. The molecule has 0 N–H and O–H groups in total. The maximum Gasteiger partial charge on any atom is 0.323 e. The number of rotatable bonds is 16. The number of unbranched alkanes of at least 4 members (excludes halogenated alkanes) is 2. The quantitative estimate of drug-likeness (QED) is 0.126. The highest BCUT2D eigenvalue weighted by atomic mass is 29.2. The zero-order valence-electron chi connectivity index (χ0n) is 34.5. The first kappa shape index (κ1) is 41.2. The van der Waals surface area contributed by atoms with E-state index in [1.165, 1.54) is 6.04 Å². The molecule has 2 saturated heterocycles. The molecule has 0 saturated carbocycles. The summed E-state index contributed by atoms with van der Waals surface area (Å²) < 4.78 is 6.55. The standard InChI is InChI=1S/C38H77N7OSi2/c1-17-19-22-44(30-26-35(3,4)42(11)36(5,6)27-30)32-39-33(41-34(40-32)46-24-21-25-48(15,16)47(13)14)45(23-20-18-2)31-28-37(7,8)43(12)38(9,10)29-31/h30-31,47H,17-29H2,1-16H3. The normalized spacial score (nSPS) is 21.9. The second-order valence-corrected chi connectivity index (χ2v) is 33.8. The van der Waals surface area contributed by atoms with Crippen molar-refractivity contribution in [3.63, 3.8) is 0 Å². The minimum Gasteiger partial charge on any atom is -0.463 e. The highest BCUT2D eigenvalue weighted by Gasteiger charge is 2.47. The minimum absolute atomic E-state index is 0.0704. The van der Waals surface area contributed by atoms with Gasteiger partial charge >= 0.3 is 6.01 Å². The predicted molar refractivity (Wildman–Crippen MR) is 213 cm³/mol. The zero-order valence-corrected chi connectivity index (χ0v) is 36.6. The molecule has 10 heteroatoms. The van der Waals surface area contributed by atoms with Gasteiger partial charge in [0.25, 0.3) is 0 Å². The van der Waals surface area contributed by atoms with Crippen molar-refractivity contribution in [2.75, 3.05) is 43.6 Å². The highest BCUT2D eigenvalue weighted by Crippen LogP contribution is 2.42. The smallest absolute Gasteiger partial charge is 0.323 e. The summed E-state index contributed by atoms with van der Waals surface area (Å²) in [6, 6.07) is 2.51. The summed E-state index contributed by atoms with van der Waals surface area (Å²) in [5.74, 6) is 1.61. The Bertz CT molecular complexity index is 1060. The SMILES string of the molecule is CCCCN(c1nc(OCCC[Si](C)(C)[SiH](C)C)nc(N(CCCC)C2CC(C)(C)N(C)C(C)(C)C2)n1)C1CC(C)(C)N(C)C(C)(C)C1. The Balaban J connectivity index is 2.11. The topological polar surface area (TPSA) is 60.9 Å². The van der Waals surface area contributed by atoms with Crippen LogP contribution in [0.25, 0.3) is 0 Å². The van der Waals surface area contributed by atoms with Crippen LogP contribution in [0.2, 0.25) is 32.2 Å². The molecule has 0 amide bonds. The largest absolute Gasteiger partial charge is 0.463 e. The van der Waals surface area contributed by atoms with Gasteiger partial charge in [-0.1, -0.05) is 58.9 Å². The molecule has 0 aliphatic carbocycles. The fraction of sp³-hybridized carbons (Fsp3) is 0.921.